The van der Waals surface area contributed by atoms with Gasteiger partial charge in [0.25, 0.3) is 0 Å². The first-order chi connectivity index (χ1) is 17.6. The summed E-state index contributed by atoms with van der Waals surface area (Å²) in [7, 11) is 0. The summed E-state index contributed by atoms with van der Waals surface area (Å²) in [6, 6.07) is 29.8. The number of allylic oxidation sites excluding steroid dienone is 2. The van der Waals surface area contributed by atoms with E-state index in [-0.39, 0.29) is 17.7 Å². The molecule has 5 heteroatoms. The Morgan fingerprint density at radius 3 is 1.69 bits per heavy atom. The van der Waals surface area contributed by atoms with Crippen molar-refractivity contribution in [1.29, 1.82) is 0 Å². The average molecular weight is 612 g/mol. The third kappa shape index (κ3) is 6.46. The van der Waals surface area contributed by atoms with Gasteiger partial charge in [0.2, 0.25) is 0 Å². The lowest BCUT2D eigenvalue weighted by Crippen LogP contribution is -2.38. The first-order valence-electron chi connectivity index (χ1n) is 12.5. The highest BCUT2D eigenvalue weighted by molar-refractivity contribution is 14.1. The number of hydrogen-bond acceptors (Lipinski definition) is 3. The zero-order valence-corrected chi connectivity index (χ0v) is 24.0. The highest BCUT2D eigenvalue weighted by atomic mass is 127. The van der Waals surface area contributed by atoms with E-state index in [0.717, 1.165) is 39.6 Å². The Balaban J connectivity index is 2.43. The standard InChI is InChI=1S/C31H34IO3P/c1-3-25(15-14-24-32)22-23-29(33)30(31(34)35-4-2)36(26-16-8-5-9-17-26,27-18-10-6-11-19-27)28-20-12-7-13-21-28/h5-13,16-23,25H,3-4,14-15,24H2,1-2H3/b23-22+. The number of benzene rings is 3. The van der Waals surface area contributed by atoms with E-state index in [4.69, 9.17) is 4.74 Å². The predicted octanol–water partition coefficient (Wildman–Crippen LogP) is 6.08. The molecule has 3 aromatic rings. The van der Waals surface area contributed by atoms with E-state index >= 15 is 0 Å². The summed E-state index contributed by atoms with van der Waals surface area (Å²) in [5.74, 6) is -0.520. The van der Waals surface area contributed by atoms with Crippen molar-refractivity contribution in [2.24, 2.45) is 5.92 Å². The number of carbonyl (C=O) groups is 2. The van der Waals surface area contributed by atoms with Crippen LogP contribution in [0.25, 0.3) is 0 Å². The van der Waals surface area contributed by atoms with Gasteiger partial charge in [0.15, 0.2) is 5.78 Å². The molecule has 36 heavy (non-hydrogen) atoms. The molecule has 3 aromatic carbocycles. The Morgan fingerprint density at radius 2 is 1.31 bits per heavy atom. The van der Waals surface area contributed by atoms with E-state index in [9.17, 15) is 9.59 Å². The van der Waals surface area contributed by atoms with Gasteiger partial charge in [0.1, 0.15) is 5.29 Å². The van der Waals surface area contributed by atoms with Gasteiger partial charge in [-0.3, -0.25) is 4.79 Å². The van der Waals surface area contributed by atoms with Gasteiger partial charge >= 0.3 is 5.97 Å². The molecule has 1 unspecified atom stereocenters. The summed E-state index contributed by atoms with van der Waals surface area (Å²) < 4.78 is 6.67. The van der Waals surface area contributed by atoms with Crippen molar-refractivity contribution < 1.29 is 14.3 Å². The first kappa shape index (κ1) is 28.1. The summed E-state index contributed by atoms with van der Waals surface area (Å²) in [6.07, 6.45) is 6.68. The molecular weight excluding hydrogens is 578 g/mol. The maximum atomic E-state index is 14.1. The predicted molar refractivity (Wildman–Crippen MR) is 163 cm³/mol. The lowest BCUT2D eigenvalue weighted by molar-refractivity contribution is -0.135. The number of carbonyl (C=O) groups excluding carboxylic acids is 2. The van der Waals surface area contributed by atoms with E-state index in [2.05, 4.69) is 29.5 Å². The number of ether oxygens (including phenoxy) is 1. The Labute approximate surface area is 229 Å². The van der Waals surface area contributed by atoms with Crippen LogP contribution in [-0.2, 0) is 14.3 Å². The molecular formula is C31H34IO3P. The van der Waals surface area contributed by atoms with Crippen LogP contribution in [-0.4, -0.2) is 28.1 Å². The van der Waals surface area contributed by atoms with Crippen molar-refractivity contribution in [3.05, 3.63) is 103 Å². The van der Waals surface area contributed by atoms with Gasteiger partial charge in [0, 0.05) is 0 Å². The largest absolute Gasteiger partial charge is 0.462 e. The minimum absolute atomic E-state index is 0.199. The molecule has 0 aliphatic rings. The van der Waals surface area contributed by atoms with Crippen LogP contribution >= 0.6 is 29.5 Å². The maximum Gasteiger partial charge on any atom is 0.343 e. The van der Waals surface area contributed by atoms with Crippen LogP contribution in [0.4, 0.5) is 0 Å². The van der Waals surface area contributed by atoms with Gasteiger partial charge < -0.3 is 4.74 Å². The fraction of sp³-hybridized carbons (Fsp3) is 0.258. The number of alkyl halides is 1. The number of ketones is 1. The molecule has 0 saturated heterocycles. The quantitative estimate of drug-likeness (QED) is 0.0622. The van der Waals surface area contributed by atoms with E-state index in [1.165, 1.54) is 0 Å². The maximum absolute atomic E-state index is 14.1. The third-order valence-electron chi connectivity index (χ3n) is 6.22. The molecule has 3 rings (SSSR count). The SMILES string of the molecule is CCOC(=O)C(C(=O)/C=C/C(CC)CCCI)=P(c1ccccc1)(c1ccccc1)c1ccccc1. The molecule has 1 atom stereocenters. The minimum atomic E-state index is -2.85. The molecule has 0 bridgehead atoms. The van der Waals surface area contributed by atoms with Crippen LogP contribution in [0.3, 0.4) is 0 Å². The second kappa shape index (κ2) is 14.3. The number of rotatable bonds is 12. The Bertz CT molecular complexity index is 1100. The van der Waals surface area contributed by atoms with Gasteiger partial charge in [0.05, 0.1) is 6.61 Å². The molecule has 0 N–H and O–H groups in total. The van der Waals surface area contributed by atoms with Crippen LogP contribution in [0.5, 0.6) is 0 Å². The van der Waals surface area contributed by atoms with Crippen LogP contribution in [0.2, 0.25) is 0 Å². The van der Waals surface area contributed by atoms with Crippen LogP contribution in [0, 0.1) is 5.92 Å². The Hall–Kier alpha value is -2.43. The normalized spacial score (nSPS) is 12.3. The molecule has 188 valence electrons. The van der Waals surface area contributed by atoms with Gasteiger partial charge in [-0.05, 0) is 65.4 Å². The summed E-state index contributed by atoms with van der Waals surface area (Å²) in [6.45, 7) is 1.26. The van der Waals surface area contributed by atoms with Crippen molar-refractivity contribution in [2.75, 3.05) is 11.0 Å². The minimum Gasteiger partial charge on any atom is -0.462 e. The van der Waals surface area contributed by atoms with E-state index < -0.39 is 12.9 Å². The first-order valence-corrected chi connectivity index (χ1v) is 15.8. The smallest absolute Gasteiger partial charge is 0.343 e. The van der Waals surface area contributed by atoms with E-state index in [1.807, 2.05) is 97.1 Å². The molecule has 0 saturated carbocycles. The molecule has 0 fully saturated rings. The van der Waals surface area contributed by atoms with Gasteiger partial charge in [-0.25, -0.2) is 4.79 Å². The highest BCUT2D eigenvalue weighted by Gasteiger charge is 2.36. The molecule has 0 aromatic heterocycles. The molecule has 0 spiro atoms. The van der Waals surface area contributed by atoms with Crippen molar-refractivity contribution >= 4 is 62.4 Å². The van der Waals surface area contributed by atoms with Gasteiger partial charge in [-0.1, -0.05) is 127 Å². The summed E-state index contributed by atoms with van der Waals surface area (Å²) in [4.78, 5) is 27.9. The van der Waals surface area contributed by atoms with Crippen LogP contribution in [0.1, 0.15) is 33.1 Å². The molecule has 3 nitrogen and oxygen atoms in total. The number of halogens is 1. The van der Waals surface area contributed by atoms with Crippen molar-refractivity contribution in [2.45, 2.75) is 33.1 Å². The highest BCUT2D eigenvalue weighted by Crippen LogP contribution is 2.46. The summed E-state index contributed by atoms with van der Waals surface area (Å²) in [5, 5.41) is 3.06. The fourth-order valence-electron chi connectivity index (χ4n) is 4.47. The lowest BCUT2D eigenvalue weighted by atomic mass is 9.99. The molecule has 0 aliphatic heterocycles. The second-order valence-electron chi connectivity index (χ2n) is 8.47. The molecule has 0 heterocycles. The number of hydrogen-bond donors (Lipinski definition) is 0. The lowest BCUT2D eigenvalue weighted by Gasteiger charge is -2.31. The van der Waals surface area contributed by atoms with Crippen LogP contribution in [0.15, 0.2) is 103 Å². The molecule has 0 radical (unpaired) electrons. The molecule has 0 amide bonds. The Kier molecular flexibility index (Phi) is 11.2. The van der Waals surface area contributed by atoms with Crippen molar-refractivity contribution in [3.8, 4) is 0 Å². The topological polar surface area (TPSA) is 43.4 Å². The van der Waals surface area contributed by atoms with Gasteiger partial charge in [-0.15, -0.1) is 0 Å². The van der Waals surface area contributed by atoms with Crippen molar-refractivity contribution in [1.82, 2.24) is 0 Å². The van der Waals surface area contributed by atoms with E-state index in [1.54, 1.807) is 13.0 Å². The third-order valence-corrected chi connectivity index (χ3v) is 11.3. The second-order valence-corrected chi connectivity index (χ2v) is 12.9. The molecule has 0 aliphatic carbocycles. The average Bonchev–Trinajstić information content (AvgIpc) is 2.93. The fourth-order valence-corrected chi connectivity index (χ4v) is 9.18. The van der Waals surface area contributed by atoms with Crippen LogP contribution < -0.4 is 15.9 Å². The zero-order valence-electron chi connectivity index (χ0n) is 21.0. The zero-order chi connectivity index (χ0) is 25.8. The van der Waals surface area contributed by atoms with Crippen molar-refractivity contribution in [3.63, 3.8) is 0 Å². The Morgan fingerprint density at radius 1 is 0.833 bits per heavy atom. The van der Waals surface area contributed by atoms with Gasteiger partial charge in [-0.2, -0.15) is 0 Å². The number of esters is 1. The van der Waals surface area contributed by atoms with E-state index in [0.29, 0.717) is 5.92 Å². The monoisotopic (exact) mass is 612 g/mol. The summed E-state index contributed by atoms with van der Waals surface area (Å²) in [5.41, 5.74) is 0. The summed E-state index contributed by atoms with van der Waals surface area (Å²) >= 11 is 2.39.